The molecule has 130 valence electrons. The molecular formula is C20H23N3O2. The van der Waals surface area contributed by atoms with Crippen molar-refractivity contribution in [1.29, 1.82) is 0 Å². The normalized spacial score (nSPS) is 18.0. The van der Waals surface area contributed by atoms with Crippen LogP contribution in [0.4, 0.5) is 0 Å². The molecule has 3 heterocycles. The Kier molecular flexibility index (Phi) is 4.09. The van der Waals surface area contributed by atoms with Crippen LogP contribution in [0.3, 0.4) is 0 Å². The molecule has 0 aliphatic carbocycles. The molecule has 2 aromatic heterocycles. The summed E-state index contributed by atoms with van der Waals surface area (Å²) in [5.74, 6) is 0.150. The third-order valence-electron chi connectivity index (χ3n) is 5.13. The summed E-state index contributed by atoms with van der Waals surface area (Å²) in [5, 5.41) is 1.14. The van der Waals surface area contributed by atoms with Gasteiger partial charge in [-0.2, -0.15) is 0 Å². The third kappa shape index (κ3) is 2.85. The number of carbonyl (C=O) groups excluding carboxylic acids is 1. The molecule has 0 bridgehead atoms. The summed E-state index contributed by atoms with van der Waals surface area (Å²) in [4.78, 5) is 18.3. The summed E-state index contributed by atoms with van der Waals surface area (Å²) in [6, 6.07) is 10.3. The number of aryl methyl sites for hydroxylation is 2. The second-order valence-corrected chi connectivity index (χ2v) is 6.71. The minimum Gasteiger partial charge on any atom is -0.377 e. The fourth-order valence-electron chi connectivity index (χ4n) is 3.74. The van der Waals surface area contributed by atoms with Crippen LogP contribution in [0.25, 0.3) is 10.9 Å². The summed E-state index contributed by atoms with van der Waals surface area (Å²) < 4.78 is 7.71. The van der Waals surface area contributed by atoms with Gasteiger partial charge in [-0.1, -0.05) is 18.2 Å². The number of hydrogen-bond acceptors (Lipinski definition) is 2. The van der Waals surface area contributed by atoms with Crippen LogP contribution >= 0.6 is 0 Å². The maximum Gasteiger partial charge on any atom is 0.227 e. The Labute approximate surface area is 147 Å². The molecule has 1 unspecified atom stereocenters. The monoisotopic (exact) mass is 337 g/mol. The van der Waals surface area contributed by atoms with Gasteiger partial charge in [-0.15, -0.1) is 0 Å². The molecule has 1 saturated heterocycles. The van der Waals surface area contributed by atoms with Crippen molar-refractivity contribution >= 4 is 16.8 Å². The zero-order valence-corrected chi connectivity index (χ0v) is 14.7. The van der Waals surface area contributed by atoms with E-state index in [1.54, 1.807) is 0 Å². The Hall–Kier alpha value is -2.53. The number of nitrogens with zero attached hydrogens (tertiary/aromatic N) is 2. The molecule has 1 aliphatic rings. The van der Waals surface area contributed by atoms with E-state index in [1.165, 1.54) is 5.56 Å². The Morgan fingerprint density at radius 3 is 3.00 bits per heavy atom. The smallest absolute Gasteiger partial charge is 0.227 e. The third-order valence-corrected chi connectivity index (χ3v) is 5.13. The Morgan fingerprint density at radius 2 is 2.20 bits per heavy atom. The van der Waals surface area contributed by atoms with Crippen molar-refractivity contribution in [1.82, 2.24) is 14.5 Å². The molecule has 1 fully saturated rings. The van der Waals surface area contributed by atoms with Crippen LogP contribution in [0.15, 0.2) is 42.7 Å². The number of ether oxygens (including phenoxy) is 1. The van der Waals surface area contributed by atoms with E-state index in [1.807, 2.05) is 36.5 Å². The van der Waals surface area contributed by atoms with E-state index in [4.69, 9.17) is 4.74 Å². The number of fused-ring (bicyclic) bond motifs is 1. The van der Waals surface area contributed by atoms with Gasteiger partial charge in [-0.3, -0.25) is 4.79 Å². The number of aromatic amines is 1. The molecule has 1 N–H and O–H groups in total. The zero-order valence-electron chi connectivity index (χ0n) is 14.7. The van der Waals surface area contributed by atoms with E-state index < -0.39 is 0 Å². The van der Waals surface area contributed by atoms with Gasteiger partial charge >= 0.3 is 0 Å². The Bertz CT molecular complexity index is 909. The number of benzene rings is 1. The predicted octanol–water partition coefficient (Wildman–Crippen LogP) is 2.96. The first-order chi connectivity index (χ1) is 12.1. The van der Waals surface area contributed by atoms with Crippen molar-refractivity contribution in [2.24, 2.45) is 7.05 Å². The van der Waals surface area contributed by atoms with E-state index in [0.29, 0.717) is 26.2 Å². The first-order valence-corrected chi connectivity index (χ1v) is 8.69. The molecule has 1 aliphatic heterocycles. The van der Waals surface area contributed by atoms with Gasteiger partial charge in [0, 0.05) is 42.6 Å². The average molecular weight is 337 g/mol. The summed E-state index contributed by atoms with van der Waals surface area (Å²) >= 11 is 0. The molecule has 25 heavy (non-hydrogen) atoms. The van der Waals surface area contributed by atoms with Crippen LogP contribution in [0.1, 0.15) is 22.9 Å². The summed E-state index contributed by atoms with van der Waals surface area (Å²) in [6.45, 7) is 3.87. The lowest BCUT2D eigenvalue weighted by Crippen LogP contribution is -2.44. The van der Waals surface area contributed by atoms with E-state index in [9.17, 15) is 4.79 Å². The highest BCUT2D eigenvalue weighted by molar-refractivity contribution is 5.90. The van der Waals surface area contributed by atoms with Gasteiger partial charge in [0.25, 0.3) is 0 Å². The number of nitrogens with one attached hydrogen (secondary N) is 1. The SMILES string of the molecule is Cc1cccc2c(CC(=O)N3CCOCC3c3cccn3C)c[nH]c12. The quantitative estimate of drug-likeness (QED) is 0.799. The van der Waals surface area contributed by atoms with Gasteiger partial charge in [-0.05, 0) is 30.2 Å². The highest BCUT2D eigenvalue weighted by Gasteiger charge is 2.30. The molecule has 4 rings (SSSR count). The standard InChI is InChI=1S/C20H23N3O2/c1-14-5-3-6-16-15(12-21-20(14)16)11-19(24)23-9-10-25-13-18(23)17-7-4-8-22(17)2/h3-8,12,18,21H,9-11,13H2,1-2H3. The van der Waals surface area contributed by atoms with Gasteiger partial charge in [0.1, 0.15) is 0 Å². The van der Waals surface area contributed by atoms with Gasteiger partial charge < -0.3 is 19.2 Å². The fourth-order valence-corrected chi connectivity index (χ4v) is 3.74. The first-order valence-electron chi connectivity index (χ1n) is 8.69. The zero-order chi connectivity index (χ0) is 17.4. The molecule has 1 atom stereocenters. The number of rotatable bonds is 3. The van der Waals surface area contributed by atoms with Crippen molar-refractivity contribution in [2.45, 2.75) is 19.4 Å². The van der Waals surface area contributed by atoms with Gasteiger partial charge in [0.15, 0.2) is 0 Å². The number of carbonyl (C=O) groups is 1. The summed E-state index contributed by atoms with van der Waals surface area (Å²) in [5.41, 5.74) is 4.49. The first kappa shape index (κ1) is 16.0. The van der Waals surface area contributed by atoms with Crippen molar-refractivity contribution < 1.29 is 9.53 Å². The lowest BCUT2D eigenvalue weighted by molar-refractivity contribution is -0.139. The average Bonchev–Trinajstić information content (AvgIpc) is 3.22. The fraction of sp³-hybridized carbons (Fsp3) is 0.350. The number of amides is 1. The number of para-hydroxylation sites is 1. The van der Waals surface area contributed by atoms with Crippen LogP contribution < -0.4 is 0 Å². The molecule has 0 spiro atoms. The maximum absolute atomic E-state index is 13.1. The molecule has 0 radical (unpaired) electrons. The maximum atomic E-state index is 13.1. The lowest BCUT2D eigenvalue weighted by Gasteiger charge is -2.36. The molecule has 5 nitrogen and oxygen atoms in total. The lowest BCUT2D eigenvalue weighted by atomic mass is 10.1. The number of H-pyrrole nitrogens is 1. The van der Waals surface area contributed by atoms with Crippen LogP contribution in [0, 0.1) is 6.92 Å². The van der Waals surface area contributed by atoms with Gasteiger partial charge in [0.2, 0.25) is 5.91 Å². The molecule has 3 aromatic rings. The highest BCUT2D eigenvalue weighted by atomic mass is 16.5. The number of hydrogen-bond donors (Lipinski definition) is 1. The van der Waals surface area contributed by atoms with Crippen LogP contribution in [0.5, 0.6) is 0 Å². The minimum absolute atomic E-state index is 0.0202. The largest absolute Gasteiger partial charge is 0.377 e. The minimum atomic E-state index is -0.0202. The molecule has 0 saturated carbocycles. The van der Waals surface area contributed by atoms with Crippen LogP contribution in [-0.2, 0) is 23.0 Å². The topological polar surface area (TPSA) is 50.3 Å². The Morgan fingerprint density at radius 1 is 1.32 bits per heavy atom. The second kappa shape index (κ2) is 6.41. The molecular weight excluding hydrogens is 314 g/mol. The van der Waals surface area contributed by atoms with Crippen LogP contribution in [0.2, 0.25) is 0 Å². The van der Waals surface area contributed by atoms with Gasteiger partial charge in [0.05, 0.1) is 25.7 Å². The van der Waals surface area contributed by atoms with E-state index in [2.05, 4.69) is 34.7 Å². The number of morpholine rings is 1. The molecule has 1 aromatic carbocycles. The summed E-state index contributed by atoms with van der Waals surface area (Å²) in [6.07, 6.45) is 4.38. The van der Waals surface area contributed by atoms with Gasteiger partial charge in [-0.25, -0.2) is 0 Å². The molecule has 1 amide bonds. The van der Waals surface area contributed by atoms with Crippen molar-refractivity contribution in [2.75, 3.05) is 19.8 Å². The van der Waals surface area contributed by atoms with E-state index >= 15 is 0 Å². The van der Waals surface area contributed by atoms with E-state index in [-0.39, 0.29) is 11.9 Å². The van der Waals surface area contributed by atoms with Crippen molar-refractivity contribution in [3.05, 3.63) is 59.5 Å². The van der Waals surface area contributed by atoms with Crippen molar-refractivity contribution in [3.8, 4) is 0 Å². The second-order valence-electron chi connectivity index (χ2n) is 6.71. The van der Waals surface area contributed by atoms with Crippen molar-refractivity contribution in [3.63, 3.8) is 0 Å². The van der Waals surface area contributed by atoms with E-state index in [0.717, 1.165) is 22.2 Å². The predicted molar refractivity (Wildman–Crippen MR) is 97.4 cm³/mol. The highest BCUT2D eigenvalue weighted by Crippen LogP contribution is 2.27. The molecule has 5 heteroatoms. The Balaban J connectivity index is 1.60. The summed E-state index contributed by atoms with van der Waals surface area (Å²) in [7, 11) is 2.01. The van der Waals surface area contributed by atoms with Crippen LogP contribution in [-0.4, -0.2) is 40.1 Å². The number of aromatic nitrogens is 2.